The second-order valence-corrected chi connectivity index (χ2v) is 9.26. The first-order valence-electron chi connectivity index (χ1n) is 10.4. The number of carbonyl (C=O) groups is 1. The van der Waals surface area contributed by atoms with E-state index in [1.54, 1.807) is 0 Å². The fraction of sp³-hybridized carbons (Fsp3) is 0.864. The van der Waals surface area contributed by atoms with E-state index < -0.39 is 0 Å². The van der Waals surface area contributed by atoms with Gasteiger partial charge in [0.15, 0.2) is 5.78 Å². The lowest BCUT2D eigenvalue weighted by Crippen LogP contribution is -2.46. The number of allylic oxidation sites excluding steroid dienone is 1. The highest BCUT2D eigenvalue weighted by atomic mass is 16.1. The van der Waals surface area contributed by atoms with E-state index in [0.29, 0.717) is 11.2 Å². The van der Waals surface area contributed by atoms with Gasteiger partial charge in [0.05, 0.1) is 0 Å². The summed E-state index contributed by atoms with van der Waals surface area (Å²) in [5.41, 5.74) is 2.17. The van der Waals surface area contributed by atoms with Crippen LogP contribution in [0.1, 0.15) is 84.5 Å². The molecular formula is C22H34O. The highest BCUT2D eigenvalue weighted by Gasteiger charge is 2.55. The number of unbranched alkanes of at least 4 members (excludes halogenated alkanes) is 1. The van der Waals surface area contributed by atoms with Crippen LogP contribution in [0.4, 0.5) is 0 Å². The summed E-state index contributed by atoms with van der Waals surface area (Å²) in [4.78, 5) is 11.8. The van der Waals surface area contributed by atoms with Crippen LogP contribution in [0.5, 0.6) is 0 Å². The fourth-order valence-electron chi connectivity index (χ4n) is 7.21. The first-order chi connectivity index (χ1) is 11.1. The van der Waals surface area contributed by atoms with E-state index in [1.165, 1.54) is 63.4 Å². The maximum atomic E-state index is 11.8. The van der Waals surface area contributed by atoms with Crippen molar-refractivity contribution < 1.29 is 4.79 Å². The molecule has 0 aromatic carbocycles. The van der Waals surface area contributed by atoms with Crippen LogP contribution in [0.25, 0.3) is 0 Å². The fourth-order valence-corrected chi connectivity index (χ4v) is 7.21. The average Bonchev–Trinajstić information content (AvgIpc) is 2.89. The van der Waals surface area contributed by atoms with E-state index in [9.17, 15) is 4.79 Å². The van der Waals surface area contributed by atoms with E-state index in [4.69, 9.17) is 0 Å². The molecule has 4 rings (SSSR count). The Balaban J connectivity index is 1.54. The molecule has 0 spiro atoms. The van der Waals surface area contributed by atoms with E-state index >= 15 is 0 Å². The second-order valence-electron chi connectivity index (χ2n) is 9.26. The second kappa shape index (κ2) is 6.05. The Morgan fingerprint density at radius 2 is 1.96 bits per heavy atom. The van der Waals surface area contributed by atoms with Gasteiger partial charge in [-0.2, -0.15) is 0 Å². The lowest BCUT2D eigenvalue weighted by atomic mass is 9.51. The van der Waals surface area contributed by atoms with Gasteiger partial charge in [-0.1, -0.05) is 32.3 Å². The standard InChI is InChI=1S/C22H34O/c1-3-4-5-16-7-11-21-20-9-6-15-14-17(23)8-10-18(15)19(20)12-13-22(16,21)2/h14,16,18-21H,3-13H2,1-2H3/t16-,18-,19+,20+,21-,22+/m0/s1. The predicted octanol–water partition coefficient (Wildman–Crippen LogP) is 5.93. The number of hydrogen-bond acceptors (Lipinski definition) is 1. The summed E-state index contributed by atoms with van der Waals surface area (Å²) in [7, 11) is 0. The molecule has 0 aromatic rings. The van der Waals surface area contributed by atoms with E-state index in [0.717, 1.165) is 42.4 Å². The average molecular weight is 315 g/mol. The molecule has 6 atom stereocenters. The monoisotopic (exact) mass is 314 g/mol. The normalized spacial score (nSPS) is 45.9. The van der Waals surface area contributed by atoms with Crippen molar-refractivity contribution in [3.05, 3.63) is 11.6 Å². The molecule has 0 bridgehead atoms. The Bertz CT molecular complexity index is 504. The van der Waals surface area contributed by atoms with Gasteiger partial charge < -0.3 is 0 Å². The summed E-state index contributed by atoms with van der Waals surface area (Å²) in [5, 5.41) is 0. The summed E-state index contributed by atoms with van der Waals surface area (Å²) >= 11 is 0. The van der Waals surface area contributed by atoms with E-state index in [2.05, 4.69) is 13.8 Å². The van der Waals surface area contributed by atoms with Crippen molar-refractivity contribution in [1.29, 1.82) is 0 Å². The van der Waals surface area contributed by atoms with Gasteiger partial charge in [0.25, 0.3) is 0 Å². The van der Waals surface area contributed by atoms with Crippen LogP contribution in [0.2, 0.25) is 0 Å². The maximum absolute atomic E-state index is 11.8. The van der Waals surface area contributed by atoms with Crippen molar-refractivity contribution in [2.24, 2.45) is 35.0 Å². The first kappa shape index (κ1) is 15.9. The van der Waals surface area contributed by atoms with Gasteiger partial charge in [-0.3, -0.25) is 4.79 Å². The molecule has 4 aliphatic rings. The Kier molecular flexibility index (Phi) is 4.18. The zero-order valence-electron chi connectivity index (χ0n) is 15.2. The van der Waals surface area contributed by atoms with Gasteiger partial charge in [-0.25, -0.2) is 0 Å². The largest absolute Gasteiger partial charge is 0.295 e. The molecule has 4 aliphatic carbocycles. The van der Waals surface area contributed by atoms with Gasteiger partial charge in [0.1, 0.15) is 0 Å². The SMILES string of the molecule is CCCC[C@H]1CC[C@H]2[C@@H]3CCC4=CC(=O)CC[C@@H]4[C@H]3CC[C@]12C. The third-order valence-corrected chi connectivity index (χ3v) is 8.40. The molecule has 0 aromatic heterocycles. The quantitative estimate of drug-likeness (QED) is 0.630. The van der Waals surface area contributed by atoms with Gasteiger partial charge in [-0.15, -0.1) is 0 Å². The van der Waals surface area contributed by atoms with Crippen molar-refractivity contribution >= 4 is 5.78 Å². The minimum atomic E-state index is 0.399. The maximum Gasteiger partial charge on any atom is 0.155 e. The van der Waals surface area contributed by atoms with Crippen molar-refractivity contribution in [3.63, 3.8) is 0 Å². The molecule has 0 N–H and O–H groups in total. The van der Waals surface area contributed by atoms with Crippen LogP contribution in [0.3, 0.4) is 0 Å². The zero-order chi connectivity index (χ0) is 16.0. The molecule has 1 nitrogen and oxygen atoms in total. The summed E-state index contributed by atoms with van der Waals surface area (Å²) in [6.07, 6.45) is 16.8. The van der Waals surface area contributed by atoms with E-state index in [-0.39, 0.29) is 0 Å². The van der Waals surface area contributed by atoms with Crippen molar-refractivity contribution in [1.82, 2.24) is 0 Å². The summed E-state index contributed by atoms with van der Waals surface area (Å²) in [6, 6.07) is 0. The summed E-state index contributed by atoms with van der Waals surface area (Å²) in [5.74, 6) is 5.03. The number of carbonyl (C=O) groups excluding carboxylic acids is 1. The lowest BCUT2D eigenvalue weighted by Gasteiger charge is -2.54. The Morgan fingerprint density at radius 3 is 2.78 bits per heavy atom. The minimum Gasteiger partial charge on any atom is -0.295 e. The summed E-state index contributed by atoms with van der Waals surface area (Å²) < 4.78 is 0. The number of hydrogen-bond donors (Lipinski definition) is 0. The third kappa shape index (κ3) is 2.53. The van der Waals surface area contributed by atoms with Crippen molar-refractivity contribution in [2.45, 2.75) is 84.5 Å². The highest BCUT2D eigenvalue weighted by molar-refractivity contribution is 5.91. The van der Waals surface area contributed by atoms with Gasteiger partial charge >= 0.3 is 0 Å². The van der Waals surface area contributed by atoms with Gasteiger partial charge in [0.2, 0.25) is 0 Å². The van der Waals surface area contributed by atoms with Crippen LogP contribution >= 0.6 is 0 Å². The molecule has 3 fully saturated rings. The molecule has 0 saturated heterocycles. The van der Waals surface area contributed by atoms with Crippen LogP contribution < -0.4 is 0 Å². The smallest absolute Gasteiger partial charge is 0.155 e. The molecule has 0 unspecified atom stereocenters. The van der Waals surface area contributed by atoms with E-state index in [1.807, 2.05) is 6.08 Å². The minimum absolute atomic E-state index is 0.399. The first-order valence-corrected chi connectivity index (χ1v) is 10.4. The van der Waals surface area contributed by atoms with Crippen LogP contribution in [-0.4, -0.2) is 5.78 Å². The lowest BCUT2D eigenvalue weighted by molar-refractivity contribution is -0.116. The molecule has 1 heteroatoms. The number of rotatable bonds is 3. The molecule has 0 radical (unpaired) electrons. The topological polar surface area (TPSA) is 17.1 Å². The zero-order valence-corrected chi connectivity index (χ0v) is 15.2. The molecule has 0 heterocycles. The molecular weight excluding hydrogens is 280 g/mol. The number of fused-ring (bicyclic) bond motifs is 5. The Labute approximate surface area is 142 Å². The molecule has 128 valence electrons. The van der Waals surface area contributed by atoms with Crippen molar-refractivity contribution in [3.8, 4) is 0 Å². The molecule has 0 amide bonds. The highest BCUT2D eigenvalue weighted by Crippen LogP contribution is 2.64. The molecule has 0 aliphatic heterocycles. The number of ketones is 1. The van der Waals surface area contributed by atoms with Gasteiger partial charge in [0, 0.05) is 6.42 Å². The molecule has 23 heavy (non-hydrogen) atoms. The van der Waals surface area contributed by atoms with Crippen LogP contribution in [0, 0.1) is 35.0 Å². The predicted molar refractivity (Wildman–Crippen MR) is 95.1 cm³/mol. The van der Waals surface area contributed by atoms with Gasteiger partial charge in [-0.05, 0) is 92.4 Å². The van der Waals surface area contributed by atoms with Crippen LogP contribution in [0.15, 0.2) is 11.6 Å². The third-order valence-electron chi connectivity index (χ3n) is 8.40. The Morgan fingerprint density at radius 1 is 1.09 bits per heavy atom. The summed E-state index contributed by atoms with van der Waals surface area (Å²) in [6.45, 7) is 4.99. The van der Waals surface area contributed by atoms with Crippen molar-refractivity contribution in [2.75, 3.05) is 0 Å². The molecule has 3 saturated carbocycles. The van der Waals surface area contributed by atoms with Crippen LogP contribution in [-0.2, 0) is 4.79 Å². The Hall–Kier alpha value is -0.590.